The third-order valence-electron chi connectivity index (χ3n) is 2.07. The molecule has 1 atom stereocenters. The summed E-state index contributed by atoms with van der Waals surface area (Å²) >= 11 is 0. The van der Waals surface area contributed by atoms with Crippen LogP contribution in [0.25, 0.3) is 0 Å². The number of non-ortho nitro benzene ring substituents is 1. The van der Waals surface area contributed by atoms with Gasteiger partial charge in [-0.1, -0.05) is 0 Å². The third kappa shape index (κ3) is 2.34. The molecule has 0 heterocycles. The summed E-state index contributed by atoms with van der Waals surface area (Å²) in [5.74, 6) is -0.150. The first-order chi connectivity index (χ1) is 7.47. The Labute approximate surface area is 92.2 Å². The predicted octanol–water partition coefficient (Wildman–Crippen LogP) is 1.13. The van der Waals surface area contributed by atoms with Crippen LogP contribution in [0.2, 0.25) is 0 Å². The molecule has 0 bridgehead atoms. The number of nitro benzene ring substituents is 1. The average Bonchev–Trinajstić information content (AvgIpc) is 2.26. The van der Waals surface area contributed by atoms with Crippen molar-refractivity contribution >= 4 is 11.5 Å². The number of ether oxygens (including phenoxy) is 1. The summed E-state index contributed by atoms with van der Waals surface area (Å²) in [6, 6.07) is 3.13. The number of carbonyl (C=O) groups excluding carboxylic acids is 1. The van der Waals surface area contributed by atoms with E-state index in [1.165, 1.54) is 25.3 Å². The number of carbonyl (C=O) groups is 1. The maximum absolute atomic E-state index is 11.6. The molecule has 1 aromatic carbocycles. The molecule has 1 aromatic rings. The van der Waals surface area contributed by atoms with Gasteiger partial charge in [-0.05, 0) is 13.0 Å². The van der Waals surface area contributed by atoms with Gasteiger partial charge in [-0.2, -0.15) is 0 Å². The highest BCUT2D eigenvalue weighted by atomic mass is 16.6. The summed E-state index contributed by atoms with van der Waals surface area (Å²) in [6.45, 7) is 1.54. The molecule has 2 N–H and O–H groups in total. The first-order valence-corrected chi connectivity index (χ1v) is 4.59. The number of rotatable bonds is 4. The van der Waals surface area contributed by atoms with Gasteiger partial charge in [0.25, 0.3) is 5.69 Å². The van der Waals surface area contributed by atoms with E-state index in [4.69, 9.17) is 10.5 Å². The van der Waals surface area contributed by atoms with Gasteiger partial charge < -0.3 is 10.5 Å². The highest BCUT2D eigenvalue weighted by Gasteiger charge is 2.18. The molecule has 0 saturated carbocycles. The van der Waals surface area contributed by atoms with Crippen LogP contribution in [0, 0.1) is 10.1 Å². The zero-order chi connectivity index (χ0) is 12.3. The van der Waals surface area contributed by atoms with Crippen molar-refractivity contribution in [2.75, 3.05) is 7.11 Å². The normalized spacial score (nSPS) is 11.9. The number of nitro groups is 1. The van der Waals surface area contributed by atoms with Crippen LogP contribution in [0.5, 0.6) is 5.75 Å². The zero-order valence-corrected chi connectivity index (χ0v) is 8.97. The lowest BCUT2D eigenvalue weighted by Crippen LogP contribution is -2.27. The Bertz CT molecular complexity index is 429. The first-order valence-electron chi connectivity index (χ1n) is 4.59. The van der Waals surface area contributed by atoms with E-state index < -0.39 is 11.0 Å². The molecule has 1 rings (SSSR count). The van der Waals surface area contributed by atoms with Gasteiger partial charge in [0.15, 0.2) is 5.78 Å². The Kier molecular flexibility index (Phi) is 3.57. The van der Waals surface area contributed by atoms with E-state index in [-0.39, 0.29) is 22.8 Å². The topological polar surface area (TPSA) is 95.5 Å². The minimum absolute atomic E-state index is 0.127. The number of benzene rings is 1. The van der Waals surface area contributed by atoms with Crippen molar-refractivity contribution in [3.8, 4) is 5.75 Å². The lowest BCUT2D eigenvalue weighted by molar-refractivity contribution is -0.384. The van der Waals surface area contributed by atoms with Gasteiger partial charge in [0.1, 0.15) is 5.75 Å². The van der Waals surface area contributed by atoms with Gasteiger partial charge in [-0.15, -0.1) is 0 Å². The summed E-state index contributed by atoms with van der Waals surface area (Å²) in [6.07, 6.45) is 0. The van der Waals surface area contributed by atoms with Gasteiger partial charge in [0.05, 0.1) is 29.7 Å². The van der Waals surface area contributed by atoms with Crippen molar-refractivity contribution in [3.05, 3.63) is 33.9 Å². The maximum Gasteiger partial charge on any atom is 0.273 e. The van der Waals surface area contributed by atoms with Crippen molar-refractivity contribution in [3.63, 3.8) is 0 Å². The van der Waals surface area contributed by atoms with E-state index in [1.54, 1.807) is 6.92 Å². The molecule has 86 valence electrons. The summed E-state index contributed by atoms with van der Waals surface area (Å²) in [4.78, 5) is 21.6. The number of nitrogens with zero attached hydrogens (tertiary/aromatic N) is 1. The molecule has 0 aromatic heterocycles. The van der Waals surface area contributed by atoms with Gasteiger partial charge in [0.2, 0.25) is 0 Å². The SMILES string of the molecule is COc1cc([N+](=O)[O-])ccc1C(=O)C(C)N. The van der Waals surface area contributed by atoms with Crippen LogP contribution in [-0.4, -0.2) is 23.9 Å². The number of Topliss-reactive ketones (excluding diaryl/α,β-unsaturated/α-hetero) is 1. The average molecular weight is 224 g/mol. The highest BCUT2D eigenvalue weighted by Crippen LogP contribution is 2.25. The fourth-order valence-electron chi connectivity index (χ4n) is 1.24. The van der Waals surface area contributed by atoms with Crippen LogP contribution in [0.1, 0.15) is 17.3 Å². The quantitative estimate of drug-likeness (QED) is 0.470. The molecule has 0 radical (unpaired) electrons. The second kappa shape index (κ2) is 4.71. The minimum Gasteiger partial charge on any atom is -0.496 e. The van der Waals surface area contributed by atoms with E-state index in [0.717, 1.165) is 0 Å². The molecule has 0 aliphatic carbocycles. The summed E-state index contributed by atoms with van der Waals surface area (Å²) in [5, 5.41) is 10.5. The van der Waals surface area contributed by atoms with Crippen molar-refractivity contribution in [2.45, 2.75) is 13.0 Å². The van der Waals surface area contributed by atoms with Gasteiger partial charge in [-0.25, -0.2) is 0 Å². The molecule has 0 spiro atoms. The lowest BCUT2D eigenvalue weighted by Gasteiger charge is -2.09. The van der Waals surface area contributed by atoms with Crippen LogP contribution < -0.4 is 10.5 Å². The first kappa shape index (κ1) is 12.1. The Balaban J connectivity index is 3.22. The fourth-order valence-corrected chi connectivity index (χ4v) is 1.24. The van der Waals surface area contributed by atoms with Crippen molar-refractivity contribution in [1.29, 1.82) is 0 Å². The number of nitrogens with two attached hydrogens (primary N) is 1. The molecular formula is C10H12N2O4. The molecule has 16 heavy (non-hydrogen) atoms. The molecular weight excluding hydrogens is 212 g/mol. The van der Waals surface area contributed by atoms with Gasteiger partial charge in [0, 0.05) is 6.07 Å². The smallest absolute Gasteiger partial charge is 0.273 e. The fraction of sp³-hybridized carbons (Fsp3) is 0.300. The number of ketones is 1. The molecule has 6 heteroatoms. The third-order valence-corrected chi connectivity index (χ3v) is 2.07. The monoisotopic (exact) mass is 224 g/mol. The van der Waals surface area contributed by atoms with Crippen LogP contribution in [-0.2, 0) is 0 Å². The molecule has 0 saturated heterocycles. The van der Waals surface area contributed by atoms with Crippen LogP contribution >= 0.6 is 0 Å². The molecule has 0 amide bonds. The highest BCUT2D eigenvalue weighted by molar-refractivity contribution is 6.02. The summed E-state index contributed by atoms with van der Waals surface area (Å²) in [5.41, 5.74) is 5.58. The van der Waals surface area contributed by atoms with Gasteiger partial charge in [-0.3, -0.25) is 14.9 Å². The van der Waals surface area contributed by atoms with Crippen molar-refractivity contribution < 1.29 is 14.5 Å². The predicted molar refractivity (Wildman–Crippen MR) is 57.6 cm³/mol. The summed E-state index contributed by atoms with van der Waals surface area (Å²) in [7, 11) is 1.34. The minimum atomic E-state index is -0.671. The van der Waals surface area contributed by atoms with Crippen LogP contribution in [0.4, 0.5) is 5.69 Å². The maximum atomic E-state index is 11.6. The molecule has 0 aliphatic heterocycles. The molecule has 0 aliphatic rings. The second-order valence-electron chi connectivity index (χ2n) is 3.29. The van der Waals surface area contributed by atoms with Crippen molar-refractivity contribution in [1.82, 2.24) is 0 Å². The van der Waals surface area contributed by atoms with Crippen LogP contribution in [0.15, 0.2) is 18.2 Å². The molecule has 0 fully saturated rings. The lowest BCUT2D eigenvalue weighted by atomic mass is 10.0. The van der Waals surface area contributed by atoms with E-state index in [2.05, 4.69) is 0 Å². The number of hydrogen-bond acceptors (Lipinski definition) is 5. The Morgan fingerprint density at radius 1 is 1.56 bits per heavy atom. The Morgan fingerprint density at radius 3 is 2.62 bits per heavy atom. The van der Waals surface area contributed by atoms with Crippen LogP contribution in [0.3, 0.4) is 0 Å². The summed E-state index contributed by atoms with van der Waals surface area (Å²) < 4.78 is 4.93. The van der Waals surface area contributed by atoms with Gasteiger partial charge >= 0.3 is 0 Å². The Hall–Kier alpha value is -1.95. The number of methoxy groups -OCH3 is 1. The molecule has 6 nitrogen and oxygen atoms in total. The molecule has 1 unspecified atom stereocenters. The zero-order valence-electron chi connectivity index (χ0n) is 8.97. The Morgan fingerprint density at radius 2 is 2.19 bits per heavy atom. The van der Waals surface area contributed by atoms with E-state index in [0.29, 0.717) is 0 Å². The van der Waals surface area contributed by atoms with E-state index in [9.17, 15) is 14.9 Å². The largest absolute Gasteiger partial charge is 0.496 e. The van der Waals surface area contributed by atoms with E-state index >= 15 is 0 Å². The number of hydrogen-bond donors (Lipinski definition) is 1. The van der Waals surface area contributed by atoms with Crippen molar-refractivity contribution in [2.24, 2.45) is 5.73 Å². The second-order valence-corrected chi connectivity index (χ2v) is 3.29. The standard InChI is InChI=1S/C10H12N2O4/c1-6(11)10(13)8-4-3-7(12(14)15)5-9(8)16-2/h3-6H,11H2,1-2H3. The van der Waals surface area contributed by atoms with E-state index in [1.807, 2.05) is 0 Å².